The first-order valence-electron chi connectivity index (χ1n) is 12.9. The van der Waals surface area contributed by atoms with Gasteiger partial charge in [0, 0.05) is 21.7 Å². The standard InChI is InChI=1S/C33H22Cl2N2O6/c34-26-11-5-22(6-12-26)32(39)42-29-16-10-25(30(18-29)43-33(40)23-7-13-27(35)14-8-23)19-36-37-31(38)20-41-28-15-9-21-3-1-2-4-24(21)17-28/h1-19H,20H2,(H,37,38)/b36-19+. The lowest BCUT2D eigenvalue weighted by Crippen LogP contribution is -2.24. The van der Waals surface area contributed by atoms with Gasteiger partial charge in [0.05, 0.1) is 17.3 Å². The molecule has 10 heteroatoms. The van der Waals surface area contributed by atoms with E-state index in [4.69, 9.17) is 37.4 Å². The molecule has 5 aromatic carbocycles. The maximum absolute atomic E-state index is 12.8. The smallest absolute Gasteiger partial charge is 0.343 e. The zero-order valence-corrected chi connectivity index (χ0v) is 23.8. The second-order valence-corrected chi connectivity index (χ2v) is 9.96. The van der Waals surface area contributed by atoms with Crippen LogP contribution in [-0.2, 0) is 4.79 Å². The van der Waals surface area contributed by atoms with Gasteiger partial charge in [-0.2, -0.15) is 5.10 Å². The van der Waals surface area contributed by atoms with Crippen LogP contribution in [0.5, 0.6) is 17.2 Å². The van der Waals surface area contributed by atoms with Crippen LogP contribution in [0.2, 0.25) is 10.0 Å². The third-order valence-electron chi connectivity index (χ3n) is 6.04. The minimum atomic E-state index is -0.680. The van der Waals surface area contributed by atoms with Gasteiger partial charge in [0.25, 0.3) is 5.91 Å². The zero-order valence-electron chi connectivity index (χ0n) is 22.3. The van der Waals surface area contributed by atoms with E-state index >= 15 is 0 Å². The Morgan fingerprint density at radius 2 is 1.28 bits per heavy atom. The van der Waals surface area contributed by atoms with Crippen LogP contribution in [0.4, 0.5) is 0 Å². The molecule has 1 N–H and O–H groups in total. The highest BCUT2D eigenvalue weighted by Crippen LogP contribution is 2.26. The molecule has 0 unspecified atom stereocenters. The van der Waals surface area contributed by atoms with E-state index in [9.17, 15) is 14.4 Å². The van der Waals surface area contributed by atoms with Crippen molar-refractivity contribution in [3.63, 3.8) is 0 Å². The summed E-state index contributed by atoms with van der Waals surface area (Å²) in [5.41, 5.74) is 3.23. The number of carbonyl (C=O) groups is 3. The molecule has 5 rings (SSSR count). The van der Waals surface area contributed by atoms with Crippen molar-refractivity contribution in [2.24, 2.45) is 5.10 Å². The number of carbonyl (C=O) groups excluding carboxylic acids is 3. The van der Waals surface area contributed by atoms with Crippen molar-refractivity contribution in [1.82, 2.24) is 5.43 Å². The molecule has 0 aliphatic rings. The molecular weight excluding hydrogens is 591 g/mol. The van der Waals surface area contributed by atoms with E-state index in [1.807, 2.05) is 36.4 Å². The van der Waals surface area contributed by atoms with Gasteiger partial charge >= 0.3 is 11.9 Å². The number of benzene rings is 5. The predicted octanol–water partition coefficient (Wildman–Crippen LogP) is 7.11. The predicted molar refractivity (Wildman–Crippen MR) is 164 cm³/mol. The third kappa shape index (κ3) is 7.97. The van der Waals surface area contributed by atoms with Crippen LogP contribution < -0.4 is 19.6 Å². The molecule has 0 saturated heterocycles. The molecule has 0 aliphatic heterocycles. The Kier molecular flexibility index (Phi) is 9.31. The third-order valence-corrected chi connectivity index (χ3v) is 6.55. The Labute approximate surface area is 256 Å². The second-order valence-electron chi connectivity index (χ2n) is 9.08. The molecule has 0 aliphatic carbocycles. The van der Waals surface area contributed by atoms with E-state index in [0.717, 1.165) is 10.8 Å². The minimum Gasteiger partial charge on any atom is -0.484 e. The number of hydrogen-bond acceptors (Lipinski definition) is 7. The molecule has 0 atom stereocenters. The van der Waals surface area contributed by atoms with Crippen molar-refractivity contribution in [2.45, 2.75) is 0 Å². The van der Waals surface area contributed by atoms with Crippen LogP contribution >= 0.6 is 23.2 Å². The Balaban J connectivity index is 1.28. The average Bonchev–Trinajstić information content (AvgIpc) is 3.01. The Morgan fingerprint density at radius 1 is 0.674 bits per heavy atom. The summed E-state index contributed by atoms with van der Waals surface area (Å²) in [6.07, 6.45) is 1.29. The molecule has 0 spiro atoms. The molecule has 0 radical (unpaired) electrons. The van der Waals surface area contributed by atoms with Crippen molar-refractivity contribution in [3.8, 4) is 17.2 Å². The summed E-state index contributed by atoms with van der Waals surface area (Å²) in [6.45, 7) is -0.270. The fraction of sp³-hybridized carbons (Fsp3) is 0.0303. The van der Waals surface area contributed by atoms with Gasteiger partial charge in [-0.25, -0.2) is 15.0 Å². The average molecular weight is 613 g/mol. The van der Waals surface area contributed by atoms with Gasteiger partial charge in [0.1, 0.15) is 17.2 Å². The van der Waals surface area contributed by atoms with Crippen molar-refractivity contribution >= 4 is 58.0 Å². The zero-order chi connectivity index (χ0) is 30.2. The monoisotopic (exact) mass is 612 g/mol. The van der Waals surface area contributed by atoms with Gasteiger partial charge in [-0.15, -0.1) is 0 Å². The first kappa shape index (κ1) is 29.3. The van der Waals surface area contributed by atoms with Gasteiger partial charge < -0.3 is 14.2 Å². The number of fused-ring (bicyclic) bond motifs is 1. The van der Waals surface area contributed by atoms with Gasteiger partial charge in [0.2, 0.25) is 0 Å². The van der Waals surface area contributed by atoms with E-state index < -0.39 is 17.8 Å². The Morgan fingerprint density at radius 3 is 1.95 bits per heavy atom. The summed E-state index contributed by atoms with van der Waals surface area (Å²) in [4.78, 5) is 37.8. The molecule has 43 heavy (non-hydrogen) atoms. The molecular formula is C33H22Cl2N2O6. The summed E-state index contributed by atoms with van der Waals surface area (Å²) in [6, 6.07) is 30.0. The number of nitrogens with one attached hydrogen (secondary N) is 1. The molecule has 0 saturated carbocycles. The number of hydrogen-bond donors (Lipinski definition) is 1. The first-order chi connectivity index (χ1) is 20.8. The molecule has 0 fully saturated rings. The lowest BCUT2D eigenvalue weighted by atomic mass is 10.1. The number of rotatable bonds is 9. The fourth-order valence-corrected chi connectivity index (χ4v) is 4.13. The number of esters is 2. The van der Waals surface area contributed by atoms with Crippen LogP contribution in [0.3, 0.4) is 0 Å². The molecule has 214 valence electrons. The van der Waals surface area contributed by atoms with Gasteiger partial charge in [-0.3, -0.25) is 4.79 Å². The summed E-state index contributed by atoms with van der Waals surface area (Å²) in [7, 11) is 0. The van der Waals surface area contributed by atoms with Crippen molar-refractivity contribution < 1.29 is 28.6 Å². The van der Waals surface area contributed by atoms with E-state index in [1.165, 1.54) is 48.7 Å². The molecule has 5 aromatic rings. The minimum absolute atomic E-state index is 0.0340. The van der Waals surface area contributed by atoms with E-state index in [2.05, 4.69) is 10.5 Å². The SMILES string of the molecule is O=C(COc1ccc2ccccc2c1)N/N=C/c1ccc(OC(=O)c2ccc(Cl)cc2)cc1OC(=O)c1ccc(Cl)cc1. The first-order valence-corrected chi connectivity index (χ1v) is 13.6. The topological polar surface area (TPSA) is 103 Å². The van der Waals surface area contributed by atoms with Gasteiger partial charge in [-0.05, 0) is 83.6 Å². The molecule has 0 heterocycles. The maximum atomic E-state index is 12.8. The van der Waals surface area contributed by atoms with Gasteiger partial charge in [-0.1, -0.05) is 53.5 Å². The molecule has 1 amide bonds. The summed E-state index contributed by atoms with van der Waals surface area (Å²) >= 11 is 11.8. The summed E-state index contributed by atoms with van der Waals surface area (Å²) in [5.74, 6) is -1.13. The number of amides is 1. The van der Waals surface area contributed by atoms with E-state index in [1.54, 1.807) is 30.3 Å². The Hall–Kier alpha value is -5.18. The van der Waals surface area contributed by atoms with Gasteiger partial charge in [0.15, 0.2) is 6.61 Å². The highest BCUT2D eigenvalue weighted by Gasteiger charge is 2.15. The molecule has 0 aromatic heterocycles. The second kappa shape index (κ2) is 13.7. The molecule has 8 nitrogen and oxygen atoms in total. The van der Waals surface area contributed by atoms with Crippen molar-refractivity contribution in [1.29, 1.82) is 0 Å². The quantitative estimate of drug-likeness (QED) is 0.0823. The lowest BCUT2D eigenvalue weighted by Gasteiger charge is -2.11. The number of ether oxygens (including phenoxy) is 3. The maximum Gasteiger partial charge on any atom is 0.343 e. The van der Waals surface area contributed by atoms with Crippen LogP contribution in [-0.4, -0.2) is 30.7 Å². The number of halogens is 2. The van der Waals surface area contributed by atoms with Crippen LogP contribution in [0.15, 0.2) is 114 Å². The van der Waals surface area contributed by atoms with Crippen LogP contribution in [0.1, 0.15) is 26.3 Å². The highest BCUT2D eigenvalue weighted by molar-refractivity contribution is 6.31. The number of nitrogens with zero attached hydrogens (tertiary/aromatic N) is 1. The number of hydrazone groups is 1. The summed E-state index contributed by atoms with van der Waals surface area (Å²) < 4.78 is 16.6. The fourth-order valence-electron chi connectivity index (χ4n) is 3.88. The van der Waals surface area contributed by atoms with E-state index in [-0.39, 0.29) is 29.2 Å². The van der Waals surface area contributed by atoms with Crippen molar-refractivity contribution in [2.75, 3.05) is 6.61 Å². The highest BCUT2D eigenvalue weighted by atomic mass is 35.5. The van der Waals surface area contributed by atoms with E-state index in [0.29, 0.717) is 21.4 Å². The summed E-state index contributed by atoms with van der Waals surface area (Å²) in [5, 5.41) is 6.95. The van der Waals surface area contributed by atoms with Crippen LogP contribution in [0.25, 0.3) is 10.8 Å². The van der Waals surface area contributed by atoms with Crippen molar-refractivity contribution in [3.05, 3.63) is 136 Å². The Bertz CT molecular complexity index is 1820. The molecule has 0 bridgehead atoms. The largest absolute Gasteiger partial charge is 0.484 e. The van der Waals surface area contributed by atoms with Crippen LogP contribution in [0, 0.1) is 0 Å². The lowest BCUT2D eigenvalue weighted by molar-refractivity contribution is -0.123. The normalized spacial score (nSPS) is 10.8.